The summed E-state index contributed by atoms with van der Waals surface area (Å²) in [7, 11) is 0. The molecule has 1 saturated heterocycles. The number of hydrogen-bond donors (Lipinski definition) is 2. The van der Waals surface area contributed by atoms with Crippen LogP contribution in [-0.2, 0) is 0 Å². The molecule has 76 valence electrons. The molecule has 0 bridgehead atoms. The van der Waals surface area contributed by atoms with Crippen LogP contribution in [0.5, 0.6) is 0 Å². The van der Waals surface area contributed by atoms with Crippen LogP contribution in [-0.4, -0.2) is 24.3 Å². The summed E-state index contributed by atoms with van der Waals surface area (Å²) in [6, 6.07) is 0. The lowest BCUT2D eigenvalue weighted by Crippen LogP contribution is -2.22. The van der Waals surface area contributed by atoms with Gasteiger partial charge in [-0.2, -0.15) is 0 Å². The molecule has 2 atom stereocenters. The normalized spacial score (nSPS) is 32.5. The van der Waals surface area contributed by atoms with Crippen molar-refractivity contribution in [1.82, 2.24) is 5.32 Å². The fraction of sp³-hybridized carbons (Fsp3) is 1.00. The van der Waals surface area contributed by atoms with Gasteiger partial charge in [0.15, 0.2) is 0 Å². The van der Waals surface area contributed by atoms with Crippen LogP contribution in [0.3, 0.4) is 0 Å². The third-order valence-corrected chi connectivity index (χ3v) is 3.68. The lowest BCUT2D eigenvalue weighted by Gasteiger charge is -2.20. The molecule has 1 aliphatic heterocycles. The average molecular weight is 183 g/mol. The Kier molecular flexibility index (Phi) is 3.23. The van der Waals surface area contributed by atoms with Gasteiger partial charge >= 0.3 is 0 Å². The van der Waals surface area contributed by atoms with E-state index in [-0.39, 0.29) is 6.10 Å². The maximum Gasteiger partial charge on any atom is 0.0571 e. The summed E-state index contributed by atoms with van der Waals surface area (Å²) < 4.78 is 0. The number of aliphatic hydroxyl groups is 1. The van der Waals surface area contributed by atoms with Gasteiger partial charge in [0.1, 0.15) is 0 Å². The number of hydrogen-bond acceptors (Lipinski definition) is 2. The van der Waals surface area contributed by atoms with E-state index in [4.69, 9.17) is 0 Å². The van der Waals surface area contributed by atoms with Gasteiger partial charge in [-0.25, -0.2) is 0 Å². The minimum absolute atomic E-state index is 0.00704. The van der Waals surface area contributed by atoms with E-state index in [1.54, 1.807) is 0 Å². The van der Waals surface area contributed by atoms with Crippen LogP contribution >= 0.6 is 0 Å². The molecule has 0 radical (unpaired) electrons. The van der Waals surface area contributed by atoms with Crippen LogP contribution in [0.15, 0.2) is 0 Å². The lowest BCUT2D eigenvalue weighted by atomic mass is 9.91. The lowest BCUT2D eigenvalue weighted by molar-refractivity contribution is 0.0869. The van der Waals surface area contributed by atoms with Gasteiger partial charge in [0.25, 0.3) is 0 Å². The van der Waals surface area contributed by atoms with Gasteiger partial charge in [-0.15, -0.1) is 0 Å². The van der Waals surface area contributed by atoms with E-state index in [2.05, 4.69) is 5.32 Å². The summed E-state index contributed by atoms with van der Waals surface area (Å²) in [6.45, 7) is 2.28. The second-order valence-electron chi connectivity index (χ2n) is 4.71. The molecule has 0 aromatic carbocycles. The van der Waals surface area contributed by atoms with Gasteiger partial charge in [-0.05, 0) is 50.6 Å². The monoisotopic (exact) mass is 183 g/mol. The first-order chi connectivity index (χ1) is 6.36. The van der Waals surface area contributed by atoms with Crippen LogP contribution in [0.4, 0.5) is 0 Å². The second kappa shape index (κ2) is 4.43. The van der Waals surface area contributed by atoms with Crippen molar-refractivity contribution >= 4 is 0 Å². The SMILES string of the molecule is OC(CC1CCNC1)C1CCCC1. The zero-order valence-corrected chi connectivity index (χ0v) is 8.34. The highest BCUT2D eigenvalue weighted by Crippen LogP contribution is 2.31. The minimum atomic E-state index is -0.00704. The van der Waals surface area contributed by atoms with E-state index in [0.717, 1.165) is 25.4 Å². The predicted octanol–water partition coefficient (Wildman–Crippen LogP) is 1.54. The van der Waals surface area contributed by atoms with Crippen molar-refractivity contribution in [3.05, 3.63) is 0 Å². The van der Waals surface area contributed by atoms with Crippen molar-refractivity contribution in [2.75, 3.05) is 13.1 Å². The van der Waals surface area contributed by atoms with Gasteiger partial charge in [-0.3, -0.25) is 0 Å². The van der Waals surface area contributed by atoms with E-state index in [1.807, 2.05) is 0 Å². The third-order valence-electron chi connectivity index (χ3n) is 3.68. The van der Waals surface area contributed by atoms with Crippen LogP contribution in [0.1, 0.15) is 38.5 Å². The Morgan fingerprint density at radius 3 is 2.62 bits per heavy atom. The molecule has 2 heteroatoms. The van der Waals surface area contributed by atoms with Gasteiger partial charge in [0, 0.05) is 0 Å². The molecule has 1 saturated carbocycles. The molecule has 2 aliphatic rings. The summed E-state index contributed by atoms with van der Waals surface area (Å²) in [5.74, 6) is 1.37. The summed E-state index contributed by atoms with van der Waals surface area (Å²) in [4.78, 5) is 0. The fourth-order valence-electron chi connectivity index (χ4n) is 2.79. The highest BCUT2D eigenvalue weighted by Gasteiger charge is 2.26. The van der Waals surface area contributed by atoms with Crippen molar-refractivity contribution in [2.24, 2.45) is 11.8 Å². The molecule has 0 amide bonds. The Labute approximate surface area is 80.7 Å². The Balaban J connectivity index is 1.73. The molecular weight excluding hydrogens is 162 g/mol. The van der Waals surface area contributed by atoms with E-state index in [9.17, 15) is 5.11 Å². The highest BCUT2D eigenvalue weighted by atomic mass is 16.3. The van der Waals surface area contributed by atoms with Gasteiger partial charge in [-0.1, -0.05) is 12.8 Å². The minimum Gasteiger partial charge on any atom is -0.393 e. The van der Waals surface area contributed by atoms with Crippen LogP contribution in [0.25, 0.3) is 0 Å². The maximum absolute atomic E-state index is 9.98. The highest BCUT2D eigenvalue weighted by molar-refractivity contribution is 4.80. The summed E-state index contributed by atoms with van der Waals surface area (Å²) >= 11 is 0. The van der Waals surface area contributed by atoms with Crippen molar-refractivity contribution in [1.29, 1.82) is 0 Å². The molecule has 2 rings (SSSR count). The largest absolute Gasteiger partial charge is 0.393 e. The molecule has 0 spiro atoms. The molecule has 2 nitrogen and oxygen atoms in total. The van der Waals surface area contributed by atoms with Crippen molar-refractivity contribution in [3.8, 4) is 0 Å². The van der Waals surface area contributed by atoms with E-state index in [1.165, 1.54) is 32.1 Å². The molecule has 2 fully saturated rings. The predicted molar refractivity (Wildman–Crippen MR) is 53.6 cm³/mol. The van der Waals surface area contributed by atoms with E-state index >= 15 is 0 Å². The Morgan fingerprint density at radius 2 is 2.00 bits per heavy atom. The molecule has 13 heavy (non-hydrogen) atoms. The Hall–Kier alpha value is -0.0800. The summed E-state index contributed by atoms with van der Waals surface area (Å²) in [6.07, 6.45) is 7.51. The maximum atomic E-state index is 9.98. The molecule has 1 heterocycles. The quantitative estimate of drug-likeness (QED) is 0.695. The smallest absolute Gasteiger partial charge is 0.0571 e. The Morgan fingerprint density at radius 1 is 1.23 bits per heavy atom. The third kappa shape index (κ3) is 2.44. The molecular formula is C11H21NO. The standard InChI is InChI=1S/C11H21NO/c13-11(10-3-1-2-4-10)7-9-5-6-12-8-9/h9-13H,1-8H2. The topological polar surface area (TPSA) is 32.3 Å². The number of rotatable bonds is 3. The second-order valence-corrected chi connectivity index (χ2v) is 4.71. The summed E-state index contributed by atoms with van der Waals surface area (Å²) in [5.41, 5.74) is 0. The van der Waals surface area contributed by atoms with Crippen LogP contribution < -0.4 is 5.32 Å². The average Bonchev–Trinajstić information content (AvgIpc) is 2.74. The van der Waals surface area contributed by atoms with Crippen LogP contribution in [0, 0.1) is 11.8 Å². The van der Waals surface area contributed by atoms with Gasteiger partial charge in [0.2, 0.25) is 0 Å². The number of aliphatic hydroxyl groups excluding tert-OH is 1. The fourth-order valence-corrected chi connectivity index (χ4v) is 2.79. The van der Waals surface area contributed by atoms with Crippen molar-refractivity contribution in [3.63, 3.8) is 0 Å². The zero-order valence-electron chi connectivity index (χ0n) is 8.34. The Bertz CT molecular complexity index is 148. The number of nitrogens with one attached hydrogen (secondary N) is 1. The zero-order chi connectivity index (χ0) is 9.10. The molecule has 2 N–H and O–H groups in total. The first-order valence-corrected chi connectivity index (χ1v) is 5.75. The van der Waals surface area contributed by atoms with Crippen LogP contribution in [0.2, 0.25) is 0 Å². The van der Waals surface area contributed by atoms with Crippen molar-refractivity contribution < 1.29 is 5.11 Å². The molecule has 0 aromatic heterocycles. The molecule has 0 aromatic rings. The first-order valence-electron chi connectivity index (χ1n) is 5.75. The van der Waals surface area contributed by atoms with E-state index < -0.39 is 0 Å². The molecule has 1 aliphatic carbocycles. The van der Waals surface area contributed by atoms with E-state index in [0.29, 0.717) is 5.92 Å². The van der Waals surface area contributed by atoms with Gasteiger partial charge in [0.05, 0.1) is 6.10 Å². The van der Waals surface area contributed by atoms with Crippen molar-refractivity contribution in [2.45, 2.75) is 44.6 Å². The summed E-state index contributed by atoms with van der Waals surface area (Å²) in [5, 5.41) is 13.3. The molecule has 2 unspecified atom stereocenters. The first kappa shape index (κ1) is 9.47. The van der Waals surface area contributed by atoms with Gasteiger partial charge < -0.3 is 10.4 Å².